The molecule has 6 heteroatoms. The fourth-order valence-electron chi connectivity index (χ4n) is 3.01. The van der Waals surface area contributed by atoms with Gasteiger partial charge in [-0.05, 0) is 32.8 Å². The van der Waals surface area contributed by atoms with Crippen LogP contribution >= 0.6 is 11.3 Å². The van der Waals surface area contributed by atoms with Crippen molar-refractivity contribution in [3.8, 4) is 11.1 Å². The molecule has 2 aromatic heterocycles. The quantitative estimate of drug-likeness (QED) is 0.459. The Morgan fingerprint density at radius 2 is 1.96 bits per heavy atom. The molecule has 0 amide bonds. The summed E-state index contributed by atoms with van der Waals surface area (Å²) in [6.45, 7) is 8.10. The molecule has 0 saturated carbocycles. The summed E-state index contributed by atoms with van der Waals surface area (Å²) >= 11 is 1.50. The Morgan fingerprint density at radius 1 is 1.26 bits per heavy atom. The Morgan fingerprint density at radius 3 is 2.63 bits per heavy atom. The third-order valence-electron chi connectivity index (χ3n) is 4.65. The van der Waals surface area contributed by atoms with Crippen LogP contribution in [0.4, 0.5) is 0 Å². The minimum Gasteiger partial charge on any atom is -0.464 e. The fourth-order valence-corrected chi connectivity index (χ4v) is 4.01. The number of rotatable bonds is 6. The van der Waals surface area contributed by atoms with Gasteiger partial charge in [0.1, 0.15) is 10.9 Å². The van der Waals surface area contributed by atoms with E-state index < -0.39 is 12.0 Å². The molecular weight excluding hydrogens is 360 g/mol. The first kappa shape index (κ1) is 19.3. The van der Waals surface area contributed by atoms with E-state index in [4.69, 9.17) is 4.74 Å². The van der Waals surface area contributed by atoms with Gasteiger partial charge in [0.2, 0.25) is 0 Å². The molecule has 3 aromatic rings. The Bertz CT molecular complexity index is 1020. The number of aromatic nitrogens is 2. The van der Waals surface area contributed by atoms with E-state index in [-0.39, 0.29) is 5.56 Å². The van der Waals surface area contributed by atoms with Crippen molar-refractivity contribution in [2.24, 2.45) is 0 Å². The van der Waals surface area contributed by atoms with E-state index >= 15 is 0 Å². The highest BCUT2D eigenvalue weighted by Crippen LogP contribution is 2.35. The van der Waals surface area contributed by atoms with Gasteiger partial charge in [-0.3, -0.25) is 9.36 Å². The molecule has 0 unspecified atom stereocenters. The summed E-state index contributed by atoms with van der Waals surface area (Å²) in [5.74, 6) is -0.407. The first-order valence-corrected chi connectivity index (χ1v) is 9.99. The first-order valence-electron chi connectivity index (χ1n) is 9.18. The zero-order valence-electron chi connectivity index (χ0n) is 16.1. The molecule has 0 N–H and O–H groups in total. The van der Waals surface area contributed by atoms with Crippen LogP contribution in [-0.2, 0) is 9.53 Å². The molecule has 5 nitrogen and oxygen atoms in total. The fraction of sp³-hybridized carbons (Fsp3) is 0.381. The van der Waals surface area contributed by atoms with E-state index in [1.54, 1.807) is 6.92 Å². The van der Waals surface area contributed by atoms with E-state index in [0.717, 1.165) is 34.4 Å². The SMILES string of the molecule is CCCCOC(=O)[C@H](C)n1cnc2sc(C)c(-c3ccc(C)cc3)c2c1=O. The largest absolute Gasteiger partial charge is 0.464 e. The van der Waals surface area contributed by atoms with Crippen molar-refractivity contribution in [1.82, 2.24) is 9.55 Å². The second-order valence-electron chi connectivity index (χ2n) is 6.73. The number of hydrogen-bond acceptors (Lipinski definition) is 5. The molecule has 0 radical (unpaired) electrons. The molecule has 2 heterocycles. The second kappa shape index (κ2) is 8.05. The van der Waals surface area contributed by atoms with Crippen LogP contribution in [-0.4, -0.2) is 22.1 Å². The maximum absolute atomic E-state index is 13.2. The number of carbonyl (C=O) groups is 1. The predicted octanol–water partition coefficient (Wildman–Crippen LogP) is 4.65. The Kier molecular flexibility index (Phi) is 5.75. The smallest absolute Gasteiger partial charge is 0.328 e. The summed E-state index contributed by atoms with van der Waals surface area (Å²) in [5, 5.41) is 0.567. The molecule has 0 fully saturated rings. The summed E-state index contributed by atoms with van der Waals surface area (Å²) in [7, 11) is 0. The average molecular weight is 385 g/mol. The summed E-state index contributed by atoms with van der Waals surface area (Å²) in [6, 6.07) is 7.38. The van der Waals surface area contributed by atoms with Crippen LogP contribution in [0.15, 0.2) is 35.4 Å². The van der Waals surface area contributed by atoms with Crippen molar-refractivity contribution in [1.29, 1.82) is 0 Å². The second-order valence-corrected chi connectivity index (χ2v) is 7.94. The third kappa shape index (κ3) is 3.81. The molecule has 1 aromatic carbocycles. The molecule has 0 bridgehead atoms. The normalized spacial score (nSPS) is 12.3. The van der Waals surface area contributed by atoms with Crippen molar-refractivity contribution in [3.05, 3.63) is 51.4 Å². The lowest BCUT2D eigenvalue weighted by molar-refractivity contribution is -0.147. The summed E-state index contributed by atoms with van der Waals surface area (Å²) < 4.78 is 6.65. The van der Waals surface area contributed by atoms with Gasteiger partial charge in [-0.15, -0.1) is 11.3 Å². The highest BCUT2D eigenvalue weighted by atomic mass is 32.1. The van der Waals surface area contributed by atoms with Gasteiger partial charge >= 0.3 is 5.97 Å². The molecule has 0 aliphatic rings. The number of ether oxygens (including phenoxy) is 1. The Balaban J connectivity index is 2.06. The zero-order valence-corrected chi connectivity index (χ0v) is 16.9. The first-order chi connectivity index (χ1) is 12.9. The van der Waals surface area contributed by atoms with Crippen molar-refractivity contribution < 1.29 is 9.53 Å². The Labute approximate surface area is 162 Å². The van der Waals surface area contributed by atoms with E-state index in [2.05, 4.69) is 4.98 Å². The van der Waals surface area contributed by atoms with Gasteiger partial charge in [0.15, 0.2) is 0 Å². The standard InChI is InChI=1S/C21H24N2O3S/c1-5-6-11-26-21(25)14(3)23-12-22-19-18(20(23)24)17(15(4)27-19)16-9-7-13(2)8-10-16/h7-10,12,14H,5-6,11H2,1-4H3/t14-/m0/s1. The number of thiophene rings is 1. The molecular formula is C21H24N2O3S. The van der Waals surface area contributed by atoms with Crippen molar-refractivity contribution in [2.75, 3.05) is 6.61 Å². The van der Waals surface area contributed by atoms with E-state index in [9.17, 15) is 9.59 Å². The van der Waals surface area contributed by atoms with Crippen LogP contribution in [0.2, 0.25) is 0 Å². The lowest BCUT2D eigenvalue weighted by Gasteiger charge is -2.14. The Hall–Kier alpha value is -2.47. The lowest BCUT2D eigenvalue weighted by Crippen LogP contribution is -2.29. The van der Waals surface area contributed by atoms with E-state index in [1.165, 1.54) is 22.2 Å². The number of esters is 1. The van der Waals surface area contributed by atoms with Crippen LogP contribution < -0.4 is 5.56 Å². The van der Waals surface area contributed by atoms with Crippen molar-refractivity contribution in [3.63, 3.8) is 0 Å². The van der Waals surface area contributed by atoms with Crippen molar-refractivity contribution >= 4 is 27.5 Å². The van der Waals surface area contributed by atoms with Gasteiger partial charge in [0.05, 0.1) is 18.3 Å². The number of hydrogen-bond donors (Lipinski definition) is 0. The predicted molar refractivity (Wildman–Crippen MR) is 109 cm³/mol. The summed E-state index contributed by atoms with van der Waals surface area (Å²) in [5.41, 5.74) is 2.84. The minimum absolute atomic E-state index is 0.208. The van der Waals surface area contributed by atoms with E-state index in [1.807, 2.05) is 45.0 Å². The molecule has 1 atom stereocenters. The molecule has 142 valence electrons. The number of fused-ring (bicyclic) bond motifs is 1. The molecule has 3 rings (SSSR count). The van der Waals surface area contributed by atoms with Gasteiger partial charge in [-0.1, -0.05) is 43.2 Å². The number of carbonyl (C=O) groups excluding carboxylic acids is 1. The van der Waals surface area contributed by atoms with Gasteiger partial charge in [-0.2, -0.15) is 0 Å². The summed E-state index contributed by atoms with van der Waals surface area (Å²) in [4.78, 5) is 31.7. The number of unbranched alkanes of at least 4 members (excludes halogenated alkanes) is 1. The zero-order chi connectivity index (χ0) is 19.6. The van der Waals surface area contributed by atoms with Gasteiger partial charge in [-0.25, -0.2) is 9.78 Å². The molecule has 27 heavy (non-hydrogen) atoms. The number of aryl methyl sites for hydroxylation is 2. The highest BCUT2D eigenvalue weighted by molar-refractivity contribution is 7.19. The van der Waals surface area contributed by atoms with Crippen LogP contribution in [0.5, 0.6) is 0 Å². The van der Waals surface area contributed by atoms with Crippen LogP contribution in [0, 0.1) is 13.8 Å². The third-order valence-corrected chi connectivity index (χ3v) is 5.67. The van der Waals surface area contributed by atoms with Gasteiger partial charge in [0, 0.05) is 10.4 Å². The highest BCUT2D eigenvalue weighted by Gasteiger charge is 2.22. The van der Waals surface area contributed by atoms with Gasteiger partial charge in [0.25, 0.3) is 5.56 Å². The maximum atomic E-state index is 13.2. The van der Waals surface area contributed by atoms with Crippen molar-refractivity contribution in [2.45, 2.75) is 46.6 Å². The molecule has 0 aliphatic heterocycles. The minimum atomic E-state index is -0.711. The molecule has 0 spiro atoms. The van der Waals surface area contributed by atoms with E-state index in [0.29, 0.717) is 16.8 Å². The molecule has 0 aliphatic carbocycles. The number of benzene rings is 1. The van der Waals surface area contributed by atoms with Crippen LogP contribution in [0.1, 0.15) is 43.2 Å². The van der Waals surface area contributed by atoms with Crippen LogP contribution in [0.25, 0.3) is 21.3 Å². The monoisotopic (exact) mass is 384 g/mol. The average Bonchev–Trinajstić information content (AvgIpc) is 2.99. The number of nitrogens with zero attached hydrogens (tertiary/aromatic N) is 2. The molecule has 0 saturated heterocycles. The maximum Gasteiger partial charge on any atom is 0.328 e. The summed E-state index contributed by atoms with van der Waals surface area (Å²) in [6.07, 6.45) is 3.21. The lowest BCUT2D eigenvalue weighted by atomic mass is 10.0. The van der Waals surface area contributed by atoms with Gasteiger partial charge < -0.3 is 4.74 Å². The van der Waals surface area contributed by atoms with Crippen LogP contribution in [0.3, 0.4) is 0 Å². The topological polar surface area (TPSA) is 61.2 Å².